The fourth-order valence-corrected chi connectivity index (χ4v) is 3.34. The smallest absolute Gasteiger partial charge is 0.236 e. The Balaban J connectivity index is 2.08. The Hall–Kier alpha value is -2.65. The number of aryl methyl sites for hydroxylation is 1. The highest BCUT2D eigenvalue weighted by Gasteiger charge is 2.29. The van der Waals surface area contributed by atoms with Gasteiger partial charge in [-0.25, -0.2) is 8.42 Å². The van der Waals surface area contributed by atoms with Crippen molar-refractivity contribution in [2.24, 2.45) is 0 Å². The van der Waals surface area contributed by atoms with Crippen molar-refractivity contribution in [1.82, 2.24) is 0 Å². The fraction of sp³-hybridized carbons (Fsp3) is 0.176. The number of rotatable bonds is 2. The Morgan fingerprint density at radius 3 is 2.39 bits per heavy atom. The van der Waals surface area contributed by atoms with Gasteiger partial charge in [0.2, 0.25) is 5.91 Å². The largest absolute Gasteiger partial charge is 0.280 e. The van der Waals surface area contributed by atoms with Crippen molar-refractivity contribution >= 4 is 27.1 Å². The van der Waals surface area contributed by atoms with E-state index in [9.17, 15) is 13.2 Å². The van der Waals surface area contributed by atoms with Crippen LogP contribution in [0.3, 0.4) is 0 Å². The second-order valence-corrected chi connectivity index (χ2v) is 7.60. The number of carbonyl (C=O) groups is 1. The predicted octanol–water partition coefficient (Wildman–Crippen LogP) is 2.49. The van der Waals surface area contributed by atoms with Crippen LogP contribution >= 0.6 is 0 Å². The Kier molecular flexibility index (Phi) is 3.46. The molecule has 0 unspecified atom stereocenters. The van der Waals surface area contributed by atoms with Crippen LogP contribution in [0.2, 0.25) is 0 Å². The van der Waals surface area contributed by atoms with E-state index >= 15 is 0 Å². The maximum absolute atomic E-state index is 12.3. The number of carbonyl (C=O) groups excluding carboxylic acids is 1. The topological polar surface area (TPSA) is 78.2 Å². The number of anilines is 2. The highest BCUT2D eigenvalue weighted by Crippen LogP contribution is 2.37. The molecule has 0 saturated heterocycles. The van der Waals surface area contributed by atoms with Gasteiger partial charge >= 0.3 is 0 Å². The van der Waals surface area contributed by atoms with Crippen molar-refractivity contribution < 1.29 is 13.2 Å². The SMILES string of the molecule is Cc1cc2c(cc1C#N)CC(=O)N2c1ccc(S(C)(=O)=O)cc1. The van der Waals surface area contributed by atoms with Crippen molar-refractivity contribution in [3.63, 3.8) is 0 Å². The molecule has 0 atom stereocenters. The number of fused-ring (bicyclic) bond motifs is 1. The van der Waals surface area contributed by atoms with Gasteiger partial charge in [0.15, 0.2) is 9.84 Å². The Labute approximate surface area is 134 Å². The predicted molar refractivity (Wildman–Crippen MR) is 86.3 cm³/mol. The zero-order valence-corrected chi connectivity index (χ0v) is 13.5. The molecular weight excluding hydrogens is 312 g/mol. The first-order valence-electron chi connectivity index (χ1n) is 6.98. The molecule has 0 aliphatic carbocycles. The third-order valence-electron chi connectivity index (χ3n) is 3.90. The summed E-state index contributed by atoms with van der Waals surface area (Å²) in [6.07, 6.45) is 1.38. The zero-order chi connectivity index (χ0) is 16.8. The molecule has 0 fully saturated rings. The van der Waals surface area contributed by atoms with Gasteiger partial charge in [0.1, 0.15) is 0 Å². The van der Waals surface area contributed by atoms with Crippen molar-refractivity contribution in [3.05, 3.63) is 53.1 Å². The van der Waals surface area contributed by atoms with Crippen molar-refractivity contribution in [3.8, 4) is 6.07 Å². The maximum atomic E-state index is 12.3. The minimum Gasteiger partial charge on any atom is -0.280 e. The minimum absolute atomic E-state index is 0.0957. The van der Waals surface area contributed by atoms with Gasteiger partial charge in [0.25, 0.3) is 0 Å². The highest BCUT2D eigenvalue weighted by molar-refractivity contribution is 7.90. The summed E-state index contributed by atoms with van der Waals surface area (Å²) in [7, 11) is -3.27. The number of benzene rings is 2. The molecule has 0 radical (unpaired) electrons. The summed E-state index contributed by atoms with van der Waals surface area (Å²) in [6, 6.07) is 11.9. The molecule has 0 bridgehead atoms. The Morgan fingerprint density at radius 1 is 1.17 bits per heavy atom. The van der Waals surface area contributed by atoms with Crippen LogP contribution in [0.15, 0.2) is 41.3 Å². The van der Waals surface area contributed by atoms with Gasteiger partial charge in [-0.05, 0) is 54.4 Å². The second-order valence-electron chi connectivity index (χ2n) is 5.58. The van der Waals surface area contributed by atoms with E-state index in [1.807, 2.05) is 13.0 Å². The number of nitriles is 1. The van der Waals surface area contributed by atoms with Gasteiger partial charge in [-0.1, -0.05) is 0 Å². The number of amides is 1. The second kappa shape index (κ2) is 5.21. The molecule has 2 aromatic carbocycles. The summed E-state index contributed by atoms with van der Waals surface area (Å²) in [6.45, 7) is 1.83. The summed E-state index contributed by atoms with van der Waals surface area (Å²) < 4.78 is 23.1. The van der Waals surface area contributed by atoms with E-state index in [-0.39, 0.29) is 17.2 Å². The monoisotopic (exact) mass is 326 g/mol. The molecule has 0 N–H and O–H groups in total. The molecule has 23 heavy (non-hydrogen) atoms. The van der Waals surface area contributed by atoms with E-state index in [2.05, 4.69) is 6.07 Å². The molecule has 5 nitrogen and oxygen atoms in total. The van der Waals surface area contributed by atoms with Gasteiger partial charge in [0.05, 0.1) is 28.6 Å². The molecule has 0 saturated carbocycles. The first kappa shape index (κ1) is 15.3. The number of sulfone groups is 1. The van der Waals surface area contributed by atoms with Gasteiger partial charge in [-0.2, -0.15) is 5.26 Å². The van der Waals surface area contributed by atoms with Gasteiger partial charge in [-0.3, -0.25) is 9.69 Å². The molecule has 0 aromatic heterocycles. The molecule has 1 aliphatic rings. The van der Waals surface area contributed by atoms with Gasteiger partial charge < -0.3 is 0 Å². The molecule has 2 aromatic rings. The summed E-state index contributed by atoms with van der Waals surface area (Å²) in [5.41, 5.74) is 3.54. The highest BCUT2D eigenvalue weighted by atomic mass is 32.2. The Morgan fingerprint density at radius 2 is 1.83 bits per heavy atom. The average Bonchev–Trinajstić information content (AvgIpc) is 2.80. The molecule has 1 amide bonds. The van der Waals surface area contributed by atoms with E-state index in [1.165, 1.54) is 12.1 Å². The van der Waals surface area contributed by atoms with E-state index < -0.39 is 9.84 Å². The molecule has 6 heteroatoms. The normalized spacial score (nSPS) is 13.8. The van der Waals surface area contributed by atoms with E-state index in [0.29, 0.717) is 11.3 Å². The first-order chi connectivity index (χ1) is 10.8. The van der Waals surface area contributed by atoms with E-state index in [4.69, 9.17) is 5.26 Å². The van der Waals surface area contributed by atoms with Crippen LogP contribution in [0.5, 0.6) is 0 Å². The number of hydrogen-bond donors (Lipinski definition) is 0. The Bertz CT molecular complexity index is 955. The van der Waals surface area contributed by atoms with E-state index in [0.717, 1.165) is 23.1 Å². The third-order valence-corrected chi connectivity index (χ3v) is 5.03. The van der Waals surface area contributed by atoms with Crippen LogP contribution in [0, 0.1) is 18.3 Å². The summed E-state index contributed by atoms with van der Waals surface area (Å²) in [4.78, 5) is 14.1. The van der Waals surface area contributed by atoms with Crippen molar-refractivity contribution in [2.45, 2.75) is 18.2 Å². The molecule has 1 heterocycles. The molecule has 3 rings (SSSR count). The van der Waals surface area contributed by atoms with Gasteiger partial charge in [-0.15, -0.1) is 0 Å². The van der Waals surface area contributed by atoms with Crippen LogP contribution in [0.1, 0.15) is 16.7 Å². The standard InChI is InChI=1S/C17H14N2O3S/c1-11-7-16-12(8-13(11)10-18)9-17(20)19(16)14-3-5-15(6-4-14)23(2,21)22/h3-8H,9H2,1-2H3. The lowest BCUT2D eigenvalue weighted by molar-refractivity contribution is -0.116. The lowest BCUT2D eigenvalue weighted by Crippen LogP contribution is -2.20. The number of nitrogens with zero attached hydrogens (tertiary/aromatic N) is 2. The first-order valence-corrected chi connectivity index (χ1v) is 8.87. The molecule has 0 spiro atoms. The fourth-order valence-electron chi connectivity index (χ4n) is 2.71. The van der Waals surface area contributed by atoms with Crippen LogP contribution in [-0.4, -0.2) is 20.6 Å². The quantitative estimate of drug-likeness (QED) is 0.849. The average molecular weight is 326 g/mol. The minimum atomic E-state index is -3.27. The van der Waals surface area contributed by atoms with Crippen LogP contribution < -0.4 is 4.90 Å². The lowest BCUT2D eigenvalue weighted by atomic mass is 10.0. The zero-order valence-electron chi connectivity index (χ0n) is 12.7. The third kappa shape index (κ3) is 2.60. The summed E-state index contributed by atoms with van der Waals surface area (Å²) in [5.74, 6) is -0.0957. The van der Waals surface area contributed by atoms with E-state index in [1.54, 1.807) is 23.1 Å². The summed E-state index contributed by atoms with van der Waals surface area (Å²) >= 11 is 0. The molecular formula is C17H14N2O3S. The molecule has 116 valence electrons. The van der Waals surface area contributed by atoms with Gasteiger partial charge in [0, 0.05) is 11.9 Å². The van der Waals surface area contributed by atoms with Crippen molar-refractivity contribution in [1.29, 1.82) is 5.26 Å². The van der Waals surface area contributed by atoms with Crippen LogP contribution in [0.25, 0.3) is 0 Å². The van der Waals surface area contributed by atoms with Crippen molar-refractivity contribution in [2.75, 3.05) is 11.2 Å². The van der Waals surface area contributed by atoms with Crippen LogP contribution in [-0.2, 0) is 21.1 Å². The summed E-state index contributed by atoms with van der Waals surface area (Å²) in [5, 5.41) is 9.10. The lowest BCUT2D eigenvalue weighted by Gasteiger charge is -2.18. The molecule has 1 aliphatic heterocycles. The maximum Gasteiger partial charge on any atom is 0.236 e. The number of hydrogen-bond acceptors (Lipinski definition) is 4. The van der Waals surface area contributed by atoms with Crippen LogP contribution in [0.4, 0.5) is 11.4 Å².